The van der Waals surface area contributed by atoms with Crippen LogP contribution >= 0.6 is 11.3 Å². The summed E-state index contributed by atoms with van der Waals surface area (Å²) in [5.41, 5.74) is 6.81. The highest BCUT2D eigenvalue weighted by atomic mass is 32.1. The SMILES string of the molecule is CC(C)(C)c1ccnc(-n2c3cc(Oc4cccc(-n5c[n+](C(C)(C)C)c6ccccc65)c4)ccc3c3ccc4sc5ccccc5c4c32)c1. The third kappa shape index (κ3) is 4.89. The van der Waals surface area contributed by atoms with Crippen LogP contribution in [0.3, 0.4) is 0 Å². The van der Waals surface area contributed by atoms with Gasteiger partial charge in [-0.3, -0.25) is 4.57 Å². The number of pyridine rings is 1. The van der Waals surface area contributed by atoms with Gasteiger partial charge in [0.05, 0.1) is 11.0 Å². The predicted molar refractivity (Wildman–Crippen MR) is 209 cm³/mol. The molecule has 4 aromatic heterocycles. The monoisotopic (exact) mass is 671 g/mol. The Labute approximate surface area is 295 Å². The first-order valence-corrected chi connectivity index (χ1v) is 18.0. The number of nitrogens with zero attached hydrogens (tertiary/aromatic N) is 4. The molecule has 50 heavy (non-hydrogen) atoms. The molecule has 0 unspecified atom stereocenters. The van der Waals surface area contributed by atoms with Gasteiger partial charge in [0.2, 0.25) is 6.33 Å². The van der Waals surface area contributed by atoms with Gasteiger partial charge in [0.15, 0.2) is 11.0 Å². The van der Waals surface area contributed by atoms with Gasteiger partial charge in [-0.05, 0) is 92.4 Å². The number of fused-ring (bicyclic) bond motifs is 8. The van der Waals surface area contributed by atoms with Crippen LogP contribution in [0.25, 0.3) is 64.5 Å². The van der Waals surface area contributed by atoms with Crippen LogP contribution in [-0.2, 0) is 11.0 Å². The summed E-state index contributed by atoms with van der Waals surface area (Å²) in [4.78, 5) is 4.99. The summed E-state index contributed by atoms with van der Waals surface area (Å²) >= 11 is 1.84. The van der Waals surface area contributed by atoms with Crippen LogP contribution in [0.4, 0.5) is 0 Å². The Hall–Kier alpha value is -5.46. The third-order valence-corrected chi connectivity index (χ3v) is 10.9. The van der Waals surface area contributed by atoms with E-state index >= 15 is 0 Å². The molecule has 0 aliphatic carbocycles. The number of para-hydroxylation sites is 2. The van der Waals surface area contributed by atoms with E-state index in [9.17, 15) is 0 Å². The van der Waals surface area contributed by atoms with Gasteiger partial charge in [0.25, 0.3) is 0 Å². The fourth-order valence-corrected chi connectivity index (χ4v) is 8.39. The van der Waals surface area contributed by atoms with Gasteiger partial charge in [-0.25, -0.2) is 9.55 Å². The zero-order valence-corrected chi connectivity index (χ0v) is 30.0. The fourth-order valence-electron chi connectivity index (χ4n) is 7.29. The molecule has 0 fully saturated rings. The Morgan fingerprint density at radius 2 is 1.44 bits per heavy atom. The number of benzene rings is 5. The van der Waals surface area contributed by atoms with Gasteiger partial charge in [-0.1, -0.05) is 63.2 Å². The molecule has 0 amide bonds. The molecule has 9 rings (SSSR count). The smallest absolute Gasteiger partial charge is 0.250 e. The summed E-state index contributed by atoms with van der Waals surface area (Å²) in [5.74, 6) is 2.47. The first kappa shape index (κ1) is 30.6. The van der Waals surface area contributed by atoms with Crippen molar-refractivity contribution >= 4 is 64.3 Å². The second-order valence-corrected chi connectivity index (χ2v) is 16.3. The van der Waals surface area contributed by atoms with Crippen molar-refractivity contribution in [3.8, 4) is 23.0 Å². The van der Waals surface area contributed by atoms with Crippen molar-refractivity contribution in [2.24, 2.45) is 0 Å². The molecular formula is C44H39N4OS+. The van der Waals surface area contributed by atoms with Gasteiger partial charge in [0, 0.05) is 49.3 Å². The standard InChI is InChI=1S/C44H39N4OS/c1-43(2,3)28-22-23-45-40(24-28)48-37-26-31(18-19-32(37)33-20-21-39-41(42(33)48)34-14-7-10-17-38(34)50-39)49-30-13-11-12-29(25-30)46-27-47(44(4,5)6)36-16-9-8-15-35(36)46/h7-27H,1-6H3/q+1. The lowest BCUT2D eigenvalue weighted by Gasteiger charge is -2.20. The van der Waals surface area contributed by atoms with Crippen LogP contribution < -0.4 is 9.30 Å². The minimum absolute atomic E-state index is 0.0165. The van der Waals surface area contributed by atoms with E-state index in [4.69, 9.17) is 9.72 Å². The Morgan fingerprint density at radius 1 is 0.660 bits per heavy atom. The molecule has 5 aromatic carbocycles. The molecule has 4 heterocycles. The molecule has 0 radical (unpaired) electrons. The molecule has 0 aliphatic heterocycles. The first-order chi connectivity index (χ1) is 24.0. The van der Waals surface area contributed by atoms with Crippen LogP contribution in [0.1, 0.15) is 47.1 Å². The highest BCUT2D eigenvalue weighted by molar-refractivity contribution is 7.26. The highest BCUT2D eigenvalue weighted by Gasteiger charge is 2.26. The zero-order valence-electron chi connectivity index (χ0n) is 29.2. The van der Waals surface area contributed by atoms with Crippen molar-refractivity contribution < 1.29 is 9.30 Å². The molecule has 0 N–H and O–H groups in total. The summed E-state index contributed by atoms with van der Waals surface area (Å²) < 4.78 is 16.2. The van der Waals surface area contributed by atoms with E-state index in [1.807, 2.05) is 23.6 Å². The molecule has 0 atom stereocenters. The molecular weight excluding hydrogens is 633 g/mol. The summed E-state index contributed by atoms with van der Waals surface area (Å²) in [6.45, 7) is 13.5. The lowest BCUT2D eigenvalue weighted by atomic mass is 9.88. The van der Waals surface area contributed by atoms with Crippen molar-refractivity contribution in [1.29, 1.82) is 0 Å². The number of hydrogen-bond acceptors (Lipinski definition) is 3. The average Bonchev–Trinajstić information content (AvgIpc) is 3.77. The van der Waals surface area contributed by atoms with E-state index in [0.717, 1.165) is 34.0 Å². The van der Waals surface area contributed by atoms with Gasteiger partial charge >= 0.3 is 0 Å². The van der Waals surface area contributed by atoms with E-state index in [2.05, 4.69) is 171 Å². The maximum atomic E-state index is 6.69. The predicted octanol–water partition coefficient (Wildman–Crippen LogP) is 11.6. The lowest BCUT2D eigenvalue weighted by Crippen LogP contribution is -2.49. The maximum Gasteiger partial charge on any atom is 0.250 e. The second kappa shape index (κ2) is 11.0. The van der Waals surface area contributed by atoms with Crippen molar-refractivity contribution in [2.45, 2.75) is 52.5 Å². The molecule has 246 valence electrons. The molecule has 0 aliphatic rings. The van der Waals surface area contributed by atoms with E-state index in [-0.39, 0.29) is 11.0 Å². The summed E-state index contributed by atoms with van der Waals surface area (Å²) in [5, 5.41) is 4.92. The Morgan fingerprint density at radius 3 is 2.28 bits per heavy atom. The van der Waals surface area contributed by atoms with Crippen LogP contribution in [0.2, 0.25) is 0 Å². The Balaban J connectivity index is 1.23. The van der Waals surface area contributed by atoms with E-state index in [1.165, 1.54) is 47.5 Å². The number of aromatic nitrogens is 4. The van der Waals surface area contributed by atoms with Crippen molar-refractivity contribution in [3.63, 3.8) is 0 Å². The van der Waals surface area contributed by atoms with E-state index in [0.29, 0.717) is 0 Å². The van der Waals surface area contributed by atoms with E-state index in [1.54, 1.807) is 0 Å². The van der Waals surface area contributed by atoms with E-state index < -0.39 is 0 Å². The van der Waals surface area contributed by atoms with Gasteiger partial charge < -0.3 is 4.74 Å². The minimum atomic E-state index is -0.0605. The van der Waals surface area contributed by atoms with Crippen LogP contribution in [-0.4, -0.2) is 14.1 Å². The Kier molecular flexibility index (Phi) is 6.74. The first-order valence-electron chi connectivity index (χ1n) is 17.2. The summed E-state index contributed by atoms with van der Waals surface area (Å²) in [6, 6.07) is 41.0. The zero-order chi connectivity index (χ0) is 34.4. The number of thiophene rings is 1. The topological polar surface area (TPSA) is 35.9 Å². The molecule has 0 bridgehead atoms. The number of ether oxygens (including phenoxy) is 1. The summed E-state index contributed by atoms with van der Waals surface area (Å²) in [7, 11) is 0. The molecule has 9 aromatic rings. The lowest BCUT2D eigenvalue weighted by molar-refractivity contribution is -0.731. The Bertz CT molecular complexity index is 2770. The number of rotatable bonds is 4. The fraction of sp³-hybridized carbons (Fsp3) is 0.182. The summed E-state index contributed by atoms with van der Waals surface area (Å²) in [6.07, 6.45) is 4.14. The normalized spacial score (nSPS) is 12.6. The van der Waals surface area contributed by atoms with Crippen LogP contribution in [0.15, 0.2) is 128 Å². The van der Waals surface area contributed by atoms with Crippen molar-refractivity contribution in [2.75, 3.05) is 0 Å². The van der Waals surface area contributed by atoms with Crippen molar-refractivity contribution in [3.05, 3.63) is 133 Å². The largest absolute Gasteiger partial charge is 0.457 e. The molecule has 0 saturated heterocycles. The molecule has 5 nitrogen and oxygen atoms in total. The van der Waals surface area contributed by atoms with Gasteiger partial charge in [0.1, 0.15) is 28.5 Å². The average molecular weight is 672 g/mol. The van der Waals surface area contributed by atoms with Gasteiger partial charge in [-0.15, -0.1) is 11.3 Å². The van der Waals surface area contributed by atoms with Crippen LogP contribution in [0.5, 0.6) is 11.5 Å². The minimum Gasteiger partial charge on any atom is -0.457 e. The highest BCUT2D eigenvalue weighted by Crippen LogP contribution is 2.44. The van der Waals surface area contributed by atoms with Gasteiger partial charge in [-0.2, -0.15) is 4.57 Å². The molecule has 0 saturated carbocycles. The molecule has 6 heteroatoms. The maximum absolute atomic E-state index is 6.69. The molecule has 0 spiro atoms. The second-order valence-electron chi connectivity index (χ2n) is 15.2. The van der Waals surface area contributed by atoms with Crippen LogP contribution in [0, 0.1) is 0 Å². The number of hydrogen-bond donors (Lipinski definition) is 0. The third-order valence-electron chi connectivity index (χ3n) is 9.77. The number of imidazole rings is 1. The quantitative estimate of drug-likeness (QED) is 0.175. The van der Waals surface area contributed by atoms with Crippen molar-refractivity contribution in [1.82, 2.24) is 14.1 Å².